The smallest absolute Gasteiger partial charge is 0.475 e. The van der Waals surface area contributed by atoms with E-state index in [-0.39, 0.29) is 23.1 Å². The lowest BCUT2D eigenvalue weighted by Crippen LogP contribution is -2.36. The highest BCUT2D eigenvalue weighted by Gasteiger charge is 2.38. The summed E-state index contributed by atoms with van der Waals surface area (Å²) < 4.78 is 97.4. The van der Waals surface area contributed by atoms with Crippen LogP contribution in [-0.4, -0.2) is 58.5 Å². The molecule has 8 nitrogen and oxygen atoms in total. The first-order valence-corrected chi connectivity index (χ1v) is 10.3. The van der Waals surface area contributed by atoms with Crippen molar-refractivity contribution in [1.82, 2.24) is 15.0 Å². The number of ether oxygens (including phenoxy) is 2. The fourth-order valence-corrected chi connectivity index (χ4v) is 3.02. The van der Waals surface area contributed by atoms with Crippen LogP contribution in [0.25, 0.3) is 11.3 Å². The summed E-state index contributed by atoms with van der Waals surface area (Å²) in [5.41, 5.74) is -0.909. The second-order valence-corrected chi connectivity index (χ2v) is 7.29. The summed E-state index contributed by atoms with van der Waals surface area (Å²) in [5.74, 6) is -3.45. The molecule has 1 aliphatic heterocycles. The number of rotatable bonds is 4. The van der Waals surface area contributed by atoms with Gasteiger partial charge < -0.3 is 19.5 Å². The Labute approximate surface area is 204 Å². The number of carbonyl (C=O) groups is 1. The number of aromatic nitrogens is 3. The number of nitrogens with zero attached hydrogens (tertiary/aromatic N) is 4. The highest BCUT2D eigenvalue weighted by atomic mass is 19.4. The van der Waals surface area contributed by atoms with Gasteiger partial charge in [-0.2, -0.15) is 31.3 Å². The molecule has 0 spiro atoms. The van der Waals surface area contributed by atoms with Gasteiger partial charge in [0.1, 0.15) is 5.69 Å². The number of carboxylic acids is 1. The first-order chi connectivity index (χ1) is 17.3. The lowest BCUT2D eigenvalue weighted by molar-refractivity contribution is -0.192. The number of carboxylic acid groups (broad SMARTS) is 1. The molecule has 1 N–H and O–H groups in total. The molecule has 198 valence electrons. The van der Waals surface area contributed by atoms with E-state index in [2.05, 4.69) is 15.0 Å². The van der Waals surface area contributed by atoms with E-state index in [1.54, 1.807) is 23.1 Å². The predicted octanol–water partition coefficient (Wildman–Crippen LogP) is 4.96. The van der Waals surface area contributed by atoms with Gasteiger partial charge in [0.2, 0.25) is 5.88 Å². The van der Waals surface area contributed by atoms with Crippen LogP contribution in [0.4, 0.5) is 36.4 Å². The Hall–Kier alpha value is -4.01. The molecule has 0 unspecified atom stereocenters. The lowest BCUT2D eigenvalue weighted by Gasteiger charge is -2.29. The minimum Gasteiger partial charge on any atom is -0.475 e. The Morgan fingerprint density at radius 2 is 1.70 bits per heavy atom. The average molecular weight is 534 g/mol. The molecule has 1 aliphatic rings. The van der Waals surface area contributed by atoms with Gasteiger partial charge in [0, 0.05) is 36.6 Å². The minimum atomic E-state index is -5.08. The molecule has 0 radical (unpaired) electrons. The number of anilines is 1. The average Bonchev–Trinajstić information content (AvgIpc) is 2.85. The SMILES string of the molecule is Fc1cnc(Oc2ccccn2)nc1-c1cc(N2CCOCC2)cc(C(F)(F)F)c1.O=C(O)C(F)(F)F. The van der Waals surface area contributed by atoms with Crippen LogP contribution >= 0.6 is 0 Å². The largest absolute Gasteiger partial charge is 0.490 e. The van der Waals surface area contributed by atoms with E-state index in [9.17, 15) is 30.7 Å². The van der Waals surface area contributed by atoms with Crippen molar-refractivity contribution in [2.45, 2.75) is 12.4 Å². The van der Waals surface area contributed by atoms with Crippen molar-refractivity contribution in [2.24, 2.45) is 0 Å². The zero-order valence-electron chi connectivity index (χ0n) is 18.6. The molecule has 0 atom stereocenters. The molecule has 0 saturated carbocycles. The van der Waals surface area contributed by atoms with Gasteiger partial charge in [0.25, 0.3) is 0 Å². The van der Waals surface area contributed by atoms with E-state index in [4.69, 9.17) is 19.4 Å². The maximum atomic E-state index is 14.5. The van der Waals surface area contributed by atoms with Crippen LogP contribution in [0.3, 0.4) is 0 Å². The Kier molecular flexibility index (Phi) is 8.47. The predicted molar refractivity (Wildman–Crippen MR) is 113 cm³/mol. The highest BCUT2D eigenvalue weighted by molar-refractivity contribution is 5.73. The molecular formula is C22H17F7N4O4. The standard InChI is InChI=1S/C20H16F4N4O2.C2HF3O2/c21-16-12-26-19(30-17-3-1-2-4-25-17)27-18(16)13-9-14(20(22,23)24)11-15(10-13)28-5-7-29-8-6-28;3-2(4,5)1(6)7/h1-4,9-12H,5-8H2;(H,6,7). The normalized spacial score (nSPS) is 14.0. The third kappa shape index (κ3) is 7.73. The quantitative estimate of drug-likeness (QED) is 0.470. The highest BCUT2D eigenvalue weighted by Crippen LogP contribution is 2.36. The number of hydrogen-bond acceptors (Lipinski definition) is 7. The molecule has 1 saturated heterocycles. The molecule has 1 fully saturated rings. The van der Waals surface area contributed by atoms with Crippen LogP contribution in [0, 0.1) is 5.82 Å². The number of pyridine rings is 1. The molecule has 3 heterocycles. The maximum absolute atomic E-state index is 14.5. The number of halogens is 7. The van der Waals surface area contributed by atoms with Crippen LogP contribution in [-0.2, 0) is 15.7 Å². The minimum absolute atomic E-state index is 0.0305. The molecule has 0 bridgehead atoms. The maximum Gasteiger partial charge on any atom is 0.490 e. The fourth-order valence-electron chi connectivity index (χ4n) is 3.02. The van der Waals surface area contributed by atoms with Gasteiger partial charge in [-0.15, -0.1) is 0 Å². The Balaban J connectivity index is 0.000000479. The third-order valence-corrected chi connectivity index (χ3v) is 4.69. The van der Waals surface area contributed by atoms with Crippen molar-refractivity contribution < 1.29 is 50.1 Å². The van der Waals surface area contributed by atoms with Crippen LogP contribution in [0.15, 0.2) is 48.8 Å². The van der Waals surface area contributed by atoms with Gasteiger partial charge in [-0.05, 0) is 24.3 Å². The van der Waals surface area contributed by atoms with Gasteiger partial charge in [0.15, 0.2) is 5.82 Å². The van der Waals surface area contributed by atoms with Crippen molar-refractivity contribution in [1.29, 1.82) is 0 Å². The Morgan fingerprint density at radius 1 is 1.03 bits per heavy atom. The summed E-state index contributed by atoms with van der Waals surface area (Å²) in [6.07, 6.45) is -7.34. The van der Waals surface area contributed by atoms with Gasteiger partial charge in [0.05, 0.1) is 25.0 Å². The monoisotopic (exact) mass is 534 g/mol. The molecule has 0 aliphatic carbocycles. The van der Waals surface area contributed by atoms with Crippen molar-refractivity contribution in [3.8, 4) is 23.1 Å². The number of hydrogen-bond donors (Lipinski definition) is 1. The van der Waals surface area contributed by atoms with Crippen molar-refractivity contribution in [3.63, 3.8) is 0 Å². The summed E-state index contributed by atoms with van der Waals surface area (Å²) in [5, 5.41) is 7.12. The number of morpholine rings is 1. The summed E-state index contributed by atoms with van der Waals surface area (Å²) in [6.45, 7) is 1.66. The molecule has 37 heavy (non-hydrogen) atoms. The number of benzene rings is 1. The molecule has 4 rings (SSSR count). The van der Waals surface area contributed by atoms with E-state index < -0.39 is 29.7 Å². The van der Waals surface area contributed by atoms with E-state index >= 15 is 0 Å². The summed E-state index contributed by atoms with van der Waals surface area (Å²) in [6, 6.07) is 8.05. The van der Waals surface area contributed by atoms with Crippen LogP contribution < -0.4 is 9.64 Å². The van der Waals surface area contributed by atoms with Crippen LogP contribution in [0.5, 0.6) is 11.9 Å². The Morgan fingerprint density at radius 3 is 2.27 bits per heavy atom. The van der Waals surface area contributed by atoms with E-state index in [0.29, 0.717) is 32.0 Å². The van der Waals surface area contributed by atoms with Gasteiger partial charge in [-0.25, -0.2) is 19.2 Å². The molecule has 3 aromatic rings. The molecule has 0 amide bonds. The van der Waals surface area contributed by atoms with Gasteiger partial charge in [-0.1, -0.05) is 6.07 Å². The molecular weight excluding hydrogens is 517 g/mol. The molecule has 1 aromatic carbocycles. The van der Waals surface area contributed by atoms with E-state index in [1.165, 1.54) is 12.3 Å². The summed E-state index contributed by atoms with van der Waals surface area (Å²) in [7, 11) is 0. The first-order valence-electron chi connectivity index (χ1n) is 10.3. The molecule has 15 heteroatoms. The summed E-state index contributed by atoms with van der Waals surface area (Å²) in [4.78, 5) is 22.3. The van der Waals surface area contributed by atoms with E-state index in [0.717, 1.165) is 18.3 Å². The van der Waals surface area contributed by atoms with Crippen molar-refractivity contribution >= 4 is 11.7 Å². The molecule has 2 aromatic heterocycles. The Bertz CT molecular complexity index is 1220. The third-order valence-electron chi connectivity index (χ3n) is 4.69. The second kappa shape index (κ2) is 11.4. The van der Waals surface area contributed by atoms with Crippen LogP contribution in [0.2, 0.25) is 0 Å². The first kappa shape index (κ1) is 27.6. The fraction of sp³-hybridized carbons (Fsp3) is 0.273. The number of aliphatic carboxylic acids is 1. The van der Waals surface area contributed by atoms with E-state index in [1.807, 2.05) is 0 Å². The number of alkyl halides is 6. The zero-order valence-corrected chi connectivity index (χ0v) is 18.6. The van der Waals surface area contributed by atoms with Crippen LogP contribution in [0.1, 0.15) is 5.56 Å². The van der Waals surface area contributed by atoms with Crippen molar-refractivity contribution in [3.05, 3.63) is 60.2 Å². The van der Waals surface area contributed by atoms with Gasteiger partial charge in [-0.3, -0.25) is 0 Å². The lowest BCUT2D eigenvalue weighted by atomic mass is 10.0. The van der Waals surface area contributed by atoms with Crippen molar-refractivity contribution in [2.75, 3.05) is 31.2 Å². The second-order valence-electron chi connectivity index (χ2n) is 7.29. The topological polar surface area (TPSA) is 97.7 Å². The summed E-state index contributed by atoms with van der Waals surface area (Å²) >= 11 is 0. The van der Waals surface area contributed by atoms with Gasteiger partial charge >= 0.3 is 24.3 Å². The zero-order chi connectivity index (χ0) is 27.2.